The van der Waals surface area contributed by atoms with Gasteiger partial charge in [-0.2, -0.15) is 13.2 Å². The first-order chi connectivity index (χ1) is 12.8. The molecule has 9 heteroatoms. The van der Waals surface area contributed by atoms with E-state index in [9.17, 15) is 27.6 Å². The van der Waals surface area contributed by atoms with Crippen LogP contribution in [0.3, 0.4) is 0 Å². The van der Waals surface area contributed by atoms with Gasteiger partial charge in [0.25, 0.3) is 0 Å². The van der Waals surface area contributed by atoms with Gasteiger partial charge in [-0.15, -0.1) is 0 Å². The van der Waals surface area contributed by atoms with Gasteiger partial charge in [0.2, 0.25) is 0 Å². The van der Waals surface area contributed by atoms with Crippen molar-refractivity contribution in [3.63, 3.8) is 0 Å². The molecule has 28 heavy (non-hydrogen) atoms. The molecule has 1 aliphatic rings. The molecule has 0 aromatic rings. The molecule has 0 aromatic heterocycles. The Hall–Kier alpha value is -1.80. The van der Waals surface area contributed by atoms with E-state index in [1.807, 2.05) is 0 Å². The quantitative estimate of drug-likeness (QED) is 0.445. The number of carbonyl (C=O) groups is 3. The molecule has 0 N–H and O–H groups in total. The summed E-state index contributed by atoms with van der Waals surface area (Å²) in [5.41, 5.74) is -1.11. The lowest BCUT2D eigenvalue weighted by Gasteiger charge is -2.32. The van der Waals surface area contributed by atoms with Crippen LogP contribution in [0, 0.1) is 11.8 Å². The Morgan fingerprint density at radius 3 is 2.11 bits per heavy atom. The zero-order chi connectivity index (χ0) is 21.5. The maximum Gasteiger partial charge on any atom is 0.422 e. The topological polar surface area (TPSA) is 78.9 Å². The van der Waals surface area contributed by atoms with Crippen LogP contribution in [-0.2, 0) is 28.6 Å². The highest BCUT2D eigenvalue weighted by molar-refractivity contribution is 5.82. The minimum atomic E-state index is -4.66. The highest BCUT2D eigenvalue weighted by Crippen LogP contribution is 2.30. The van der Waals surface area contributed by atoms with Crippen LogP contribution in [0.1, 0.15) is 66.2 Å². The summed E-state index contributed by atoms with van der Waals surface area (Å²) in [7, 11) is 0. The SMILES string of the molecule is CC(=O)OC(C)(C)CC(C(=O)OC1CCCCC1)C(C)C(=O)OCC(F)(F)F. The average Bonchev–Trinajstić information content (AvgIpc) is 2.56. The smallest absolute Gasteiger partial charge is 0.422 e. The molecule has 6 nitrogen and oxygen atoms in total. The van der Waals surface area contributed by atoms with Crippen LogP contribution in [0.15, 0.2) is 0 Å². The van der Waals surface area contributed by atoms with Gasteiger partial charge in [-0.05, 0) is 39.5 Å². The van der Waals surface area contributed by atoms with E-state index in [1.165, 1.54) is 13.8 Å². The van der Waals surface area contributed by atoms with E-state index in [2.05, 4.69) is 4.74 Å². The molecule has 1 saturated carbocycles. The molecule has 2 unspecified atom stereocenters. The number of hydrogen-bond donors (Lipinski definition) is 0. The van der Waals surface area contributed by atoms with Crippen molar-refractivity contribution in [2.45, 2.75) is 84.1 Å². The maximum atomic E-state index is 12.7. The highest BCUT2D eigenvalue weighted by Gasteiger charge is 2.40. The van der Waals surface area contributed by atoms with E-state index >= 15 is 0 Å². The van der Waals surface area contributed by atoms with Crippen molar-refractivity contribution < 1.29 is 41.8 Å². The fraction of sp³-hybridized carbons (Fsp3) is 0.842. The number of rotatable bonds is 8. The van der Waals surface area contributed by atoms with Gasteiger partial charge in [-0.3, -0.25) is 14.4 Å². The van der Waals surface area contributed by atoms with Gasteiger partial charge in [-0.25, -0.2) is 0 Å². The Bertz CT molecular complexity index is 552. The summed E-state index contributed by atoms with van der Waals surface area (Å²) < 4.78 is 52.0. The Kier molecular flexibility index (Phi) is 8.75. The summed E-state index contributed by atoms with van der Waals surface area (Å²) in [6.07, 6.45) is -0.714. The third-order valence-electron chi connectivity index (χ3n) is 4.62. The van der Waals surface area contributed by atoms with Crippen molar-refractivity contribution in [3.05, 3.63) is 0 Å². The normalized spacial score (nSPS) is 18.1. The van der Waals surface area contributed by atoms with Gasteiger partial charge < -0.3 is 14.2 Å². The van der Waals surface area contributed by atoms with Crippen molar-refractivity contribution in [1.82, 2.24) is 0 Å². The molecule has 2 atom stereocenters. The molecular weight excluding hydrogens is 381 g/mol. The second-order valence-corrected chi connectivity index (χ2v) is 7.87. The van der Waals surface area contributed by atoms with Gasteiger partial charge in [0.05, 0.1) is 11.8 Å². The molecule has 0 amide bonds. The summed E-state index contributed by atoms with van der Waals surface area (Å²) in [5, 5.41) is 0. The third-order valence-corrected chi connectivity index (χ3v) is 4.62. The standard InChI is InChI=1S/C19H29F3O6/c1-12(16(24)26-11-19(20,21)22)15(10-18(3,4)28-13(2)23)17(25)27-14-8-6-5-7-9-14/h12,14-15H,5-11H2,1-4H3. The first-order valence-corrected chi connectivity index (χ1v) is 9.44. The van der Waals surface area contributed by atoms with Crippen molar-refractivity contribution in [2.75, 3.05) is 6.61 Å². The largest absolute Gasteiger partial charge is 0.462 e. The minimum Gasteiger partial charge on any atom is -0.462 e. The maximum absolute atomic E-state index is 12.7. The van der Waals surface area contributed by atoms with Gasteiger partial charge >= 0.3 is 24.1 Å². The Morgan fingerprint density at radius 2 is 1.61 bits per heavy atom. The number of alkyl halides is 3. The molecule has 162 valence electrons. The molecular formula is C19H29F3O6. The van der Waals surface area contributed by atoms with Crippen molar-refractivity contribution in [3.8, 4) is 0 Å². The van der Waals surface area contributed by atoms with E-state index in [1.54, 1.807) is 13.8 Å². The summed E-state index contributed by atoms with van der Waals surface area (Å²) >= 11 is 0. The van der Waals surface area contributed by atoms with Gasteiger partial charge in [0, 0.05) is 13.3 Å². The fourth-order valence-electron chi connectivity index (χ4n) is 3.31. The van der Waals surface area contributed by atoms with Crippen molar-refractivity contribution >= 4 is 17.9 Å². The number of carbonyl (C=O) groups excluding carboxylic acids is 3. The van der Waals surface area contributed by atoms with Gasteiger partial charge in [0.15, 0.2) is 6.61 Å². The van der Waals surface area contributed by atoms with Crippen LogP contribution in [-0.4, -0.2) is 42.4 Å². The second-order valence-electron chi connectivity index (χ2n) is 7.87. The first kappa shape index (κ1) is 24.2. The Balaban J connectivity index is 2.89. The van der Waals surface area contributed by atoms with Crippen LogP contribution in [0.25, 0.3) is 0 Å². The van der Waals surface area contributed by atoms with E-state index in [0.29, 0.717) is 12.8 Å². The molecule has 0 spiro atoms. The molecule has 0 aliphatic heterocycles. The third kappa shape index (κ3) is 8.93. The van der Waals surface area contributed by atoms with Crippen LogP contribution in [0.4, 0.5) is 13.2 Å². The molecule has 0 heterocycles. The van der Waals surface area contributed by atoms with E-state index in [-0.39, 0.29) is 12.5 Å². The van der Waals surface area contributed by atoms with E-state index < -0.39 is 48.1 Å². The second kappa shape index (κ2) is 10.1. The molecule has 0 aromatic carbocycles. The average molecular weight is 410 g/mol. The molecule has 1 fully saturated rings. The minimum absolute atomic E-state index is 0.0829. The summed E-state index contributed by atoms with van der Waals surface area (Å²) in [4.78, 5) is 36.1. The highest BCUT2D eigenvalue weighted by atomic mass is 19.4. The van der Waals surface area contributed by atoms with Crippen LogP contribution in [0.5, 0.6) is 0 Å². The van der Waals surface area contributed by atoms with E-state index in [0.717, 1.165) is 19.3 Å². The van der Waals surface area contributed by atoms with Crippen LogP contribution >= 0.6 is 0 Å². The molecule has 0 radical (unpaired) electrons. The summed E-state index contributed by atoms with van der Waals surface area (Å²) in [6.45, 7) is 3.91. The lowest BCUT2D eigenvalue weighted by Crippen LogP contribution is -2.40. The Morgan fingerprint density at radius 1 is 1.04 bits per heavy atom. The van der Waals surface area contributed by atoms with E-state index in [4.69, 9.17) is 9.47 Å². The lowest BCUT2D eigenvalue weighted by atomic mass is 9.84. The molecule has 1 rings (SSSR count). The predicted molar refractivity (Wildman–Crippen MR) is 93.1 cm³/mol. The number of hydrogen-bond acceptors (Lipinski definition) is 6. The molecule has 0 bridgehead atoms. The summed E-state index contributed by atoms with van der Waals surface area (Å²) in [6, 6.07) is 0. The number of ether oxygens (including phenoxy) is 3. The first-order valence-electron chi connectivity index (χ1n) is 9.44. The monoisotopic (exact) mass is 410 g/mol. The van der Waals surface area contributed by atoms with Gasteiger partial charge in [0.1, 0.15) is 11.7 Å². The zero-order valence-corrected chi connectivity index (χ0v) is 16.8. The lowest BCUT2D eigenvalue weighted by molar-refractivity contribution is -0.192. The molecule has 0 saturated heterocycles. The number of halogens is 3. The predicted octanol–water partition coefficient (Wildman–Crippen LogP) is 3.95. The van der Waals surface area contributed by atoms with Crippen molar-refractivity contribution in [1.29, 1.82) is 0 Å². The Labute approximate surface area is 163 Å². The van der Waals surface area contributed by atoms with Crippen LogP contribution < -0.4 is 0 Å². The van der Waals surface area contributed by atoms with Gasteiger partial charge in [-0.1, -0.05) is 13.3 Å². The zero-order valence-electron chi connectivity index (χ0n) is 16.8. The fourth-order valence-corrected chi connectivity index (χ4v) is 3.31. The number of esters is 3. The summed E-state index contributed by atoms with van der Waals surface area (Å²) in [5.74, 6) is -4.70. The van der Waals surface area contributed by atoms with Crippen LogP contribution in [0.2, 0.25) is 0 Å². The molecule has 1 aliphatic carbocycles. The van der Waals surface area contributed by atoms with Crippen molar-refractivity contribution in [2.24, 2.45) is 11.8 Å².